The summed E-state index contributed by atoms with van der Waals surface area (Å²) in [5, 5.41) is 2.39. The molecule has 6 N–H and O–H groups in total. The normalized spacial score (nSPS) is 13.4. The molecule has 9 heteroatoms. The topological polar surface area (TPSA) is 153 Å². The molecule has 0 saturated carbocycles. The molecular weight excluding hydrogens is 226 g/mol. The Bertz CT molecular complexity index is 339. The van der Waals surface area contributed by atoms with Crippen molar-refractivity contribution in [1.82, 2.24) is 5.32 Å². The Morgan fingerprint density at radius 1 is 1.33 bits per heavy atom. The van der Waals surface area contributed by atoms with Crippen LogP contribution in [0.1, 0.15) is 6.42 Å². The fraction of sp³-hybridized carbons (Fsp3) is 0.667. The zero-order valence-electron chi connectivity index (χ0n) is 7.84. The molecule has 0 fully saturated rings. The quantitative estimate of drug-likeness (QED) is 0.352. The highest BCUT2D eigenvalue weighted by atomic mass is 32.2. The van der Waals surface area contributed by atoms with Gasteiger partial charge in [-0.25, -0.2) is 0 Å². The van der Waals surface area contributed by atoms with Crippen LogP contribution in [0.15, 0.2) is 0 Å². The molecule has 0 unspecified atom stereocenters. The summed E-state index contributed by atoms with van der Waals surface area (Å²) in [6, 6.07) is -1.02. The molecule has 0 aliphatic carbocycles. The van der Waals surface area contributed by atoms with Crippen LogP contribution in [0.4, 0.5) is 0 Å². The largest absolute Gasteiger partial charge is 0.370 e. The molecular formula is C6H13N3O5S. The van der Waals surface area contributed by atoms with E-state index in [1.54, 1.807) is 0 Å². The Labute approximate surface area is 86.7 Å². The molecule has 88 valence electrons. The Balaban J connectivity index is 4.09. The number of hydrogen-bond donors (Lipinski definition) is 4. The van der Waals surface area contributed by atoms with E-state index in [2.05, 4.69) is 5.32 Å². The number of nitrogens with one attached hydrogen (secondary N) is 1. The van der Waals surface area contributed by atoms with Crippen molar-refractivity contribution in [3.8, 4) is 0 Å². The maximum atomic E-state index is 10.7. The summed E-state index contributed by atoms with van der Waals surface area (Å²) in [6.45, 7) is -0.195. The molecule has 0 bridgehead atoms. The summed E-state index contributed by atoms with van der Waals surface area (Å²) in [5.41, 5.74) is 9.75. The van der Waals surface area contributed by atoms with Crippen LogP contribution in [0, 0.1) is 0 Å². The van der Waals surface area contributed by atoms with Gasteiger partial charge in [-0.1, -0.05) is 0 Å². The molecule has 0 aliphatic heterocycles. The Morgan fingerprint density at radius 2 is 1.87 bits per heavy atom. The van der Waals surface area contributed by atoms with E-state index < -0.39 is 33.7 Å². The summed E-state index contributed by atoms with van der Waals surface area (Å²) < 4.78 is 29.0. The number of nitrogens with two attached hydrogens (primary N) is 2. The minimum absolute atomic E-state index is 0.195. The van der Waals surface area contributed by atoms with Crippen LogP contribution < -0.4 is 16.8 Å². The van der Waals surface area contributed by atoms with E-state index in [-0.39, 0.29) is 13.0 Å². The van der Waals surface area contributed by atoms with Crippen LogP contribution in [-0.2, 0) is 19.7 Å². The van der Waals surface area contributed by atoms with Crippen molar-refractivity contribution in [1.29, 1.82) is 0 Å². The molecule has 15 heavy (non-hydrogen) atoms. The number of carbonyl (C=O) groups excluding carboxylic acids is 2. The molecule has 0 aromatic rings. The van der Waals surface area contributed by atoms with Crippen molar-refractivity contribution >= 4 is 21.9 Å². The summed E-state index contributed by atoms with van der Waals surface area (Å²) in [5.74, 6) is -2.13. The lowest BCUT2D eigenvalue weighted by Crippen LogP contribution is -2.45. The van der Waals surface area contributed by atoms with Crippen molar-refractivity contribution < 1.29 is 22.6 Å². The van der Waals surface area contributed by atoms with Gasteiger partial charge in [0.2, 0.25) is 11.8 Å². The number of amides is 2. The lowest BCUT2D eigenvalue weighted by Gasteiger charge is -2.12. The van der Waals surface area contributed by atoms with Gasteiger partial charge in [0.1, 0.15) is 0 Å². The van der Waals surface area contributed by atoms with Gasteiger partial charge in [-0.15, -0.1) is 0 Å². The summed E-state index contributed by atoms with van der Waals surface area (Å²) in [7, 11) is -4.10. The fourth-order valence-corrected chi connectivity index (χ4v) is 1.21. The first-order chi connectivity index (χ1) is 6.72. The zero-order valence-corrected chi connectivity index (χ0v) is 8.66. The average Bonchev–Trinajstić information content (AvgIpc) is 1.99. The zero-order chi connectivity index (χ0) is 12.1. The van der Waals surface area contributed by atoms with Gasteiger partial charge in [-0.2, -0.15) is 8.42 Å². The second-order valence-electron chi connectivity index (χ2n) is 2.87. The lowest BCUT2D eigenvalue weighted by molar-refractivity contribution is -0.125. The molecule has 0 aliphatic rings. The third-order valence-corrected chi connectivity index (χ3v) is 2.22. The van der Waals surface area contributed by atoms with Crippen LogP contribution in [0.5, 0.6) is 0 Å². The first kappa shape index (κ1) is 13.8. The smallest absolute Gasteiger partial charge is 0.266 e. The van der Waals surface area contributed by atoms with E-state index in [0.717, 1.165) is 0 Å². The highest BCUT2D eigenvalue weighted by Crippen LogP contribution is 1.90. The third kappa shape index (κ3) is 7.85. The summed E-state index contributed by atoms with van der Waals surface area (Å²) >= 11 is 0. The minimum Gasteiger partial charge on any atom is -0.370 e. The predicted molar refractivity (Wildman–Crippen MR) is 51.2 cm³/mol. The van der Waals surface area contributed by atoms with Gasteiger partial charge in [0.15, 0.2) is 0 Å². The second-order valence-corrected chi connectivity index (χ2v) is 4.44. The number of carbonyl (C=O) groups is 2. The van der Waals surface area contributed by atoms with E-state index in [1.807, 2.05) is 0 Å². The highest BCUT2D eigenvalue weighted by Gasteiger charge is 2.17. The van der Waals surface area contributed by atoms with Crippen molar-refractivity contribution in [3.63, 3.8) is 0 Å². The highest BCUT2D eigenvalue weighted by molar-refractivity contribution is 7.85. The maximum absolute atomic E-state index is 10.7. The molecule has 0 aromatic heterocycles. The van der Waals surface area contributed by atoms with Crippen LogP contribution in [0.2, 0.25) is 0 Å². The molecule has 0 saturated heterocycles. The van der Waals surface area contributed by atoms with Gasteiger partial charge < -0.3 is 16.8 Å². The van der Waals surface area contributed by atoms with Gasteiger partial charge in [0.25, 0.3) is 10.1 Å². The molecule has 0 rings (SSSR count). The molecule has 0 aromatic carbocycles. The van der Waals surface area contributed by atoms with Crippen LogP contribution in [0.3, 0.4) is 0 Å². The van der Waals surface area contributed by atoms with Crippen LogP contribution in [-0.4, -0.2) is 43.1 Å². The van der Waals surface area contributed by atoms with Crippen LogP contribution in [0.25, 0.3) is 0 Å². The molecule has 2 amide bonds. The summed E-state index contributed by atoms with van der Waals surface area (Å²) in [4.78, 5) is 21.2. The van der Waals surface area contributed by atoms with E-state index in [4.69, 9.17) is 16.0 Å². The minimum atomic E-state index is -4.10. The van der Waals surface area contributed by atoms with Crippen LogP contribution >= 0.6 is 0 Å². The number of rotatable bonds is 7. The number of hydrogen-bond acceptors (Lipinski definition) is 5. The van der Waals surface area contributed by atoms with Crippen molar-refractivity contribution in [3.05, 3.63) is 0 Å². The maximum Gasteiger partial charge on any atom is 0.266 e. The molecule has 0 spiro atoms. The van der Waals surface area contributed by atoms with Gasteiger partial charge in [0, 0.05) is 6.54 Å². The van der Waals surface area contributed by atoms with Crippen molar-refractivity contribution in [2.75, 3.05) is 12.3 Å². The lowest BCUT2D eigenvalue weighted by atomic mass is 10.2. The van der Waals surface area contributed by atoms with E-state index in [0.29, 0.717) is 0 Å². The molecule has 0 radical (unpaired) electrons. The monoisotopic (exact) mass is 239 g/mol. The average molecular weight is 239 g/mol. The molecule has 1 atom stereocenters. The number of primary amides is 2. The van der Waals surface area contributed by atoms with E-state index in [9.17, 15) is 18.0 Å². The van der Waals surface area contributed by atoms with Gasteiger partial charge >= 0.3 is 0 Å². The van der Waals surface area contributed by atoms with Gasteiger partial charge in [0.05, 0.1) is 18.2 Å². The first-order valence-electron chi connectivity index (χ1n) is 3.98. The van der Waals surface area contributed by atoms with Gasteiger partial charge in [-0.05, 0) is 0 Å². The van der Waals surface area contributed by atoms with E-state index >= 15 is 0 Å². The first-order valence-corrected chi connectivity index (χ1v) is 5.59. The fourth-order valence-electron chi connectivity index (χ4n) is 0.837. The predicted octanol–water partition coefficient (Wildman–Crippen LogP) is -2.81. The summed E-state index contributed by atoms with van der Waals surface area (Å²) in [6.07, 6.45) is -0.319. The SMILES string of the molecule is NC(=O)C[C@H](NCCS(=O)(=O)O)C(N)=O. The second kappa shape index (κ2) is 5.63. The molecule has 8 nitrogen and oxygen atoms in total. The Morgan fingerprint density at radius 3 is 2.20 bits per heavy atom. The van der Waals surface area contributed by atoms with Crippen molar-refractivity contribution in [2.45, 2.75) is 12.5 Å². The van der Waals surface area contributed by atoms with E-state index in [1.165, 1.54) is 0 Å². The van der Waals surface area contributed by atoms with Crippen molar-refractivity contribution in [2.24, 2.45) is 11.5 Å². The third-order valence-electron chi connectivity index (χ3n) is 1.50. The standard InChI is InChI=1S/C6H13N3O5S/c7-5(10)3-4(6(8)11)9-1-2-15(12,13)14/h4,9H,1-3H2,(H2,7,10)(H2,8,11)(H,12,13,14)/t4-/m0/s1. The molecule has 0 heterocycles. The van der Waals surface area contributed by atoms with Gasteiger partial charge in [-0.3, -0.25) is 14.1 Å². The Kier molecular flexibility index (Phi) is 5.19. The Hall–Kier alpha value is -1.19.